The lowest BCUT2D eigenvalue weighted by molar-refractivity contribution is -0.235. The summed E-state index contributed by atoms with van der Waals surface area (Å²) in [6, 6.07) is -0.915. The summed E-state index contributed by atoms with van der Waals surface area (Å²) in [5.74, 6) is -0.674. The van der Waals surface area contributed by atoms with Crippen LogP contribution in [0.15, 0.2) is 5.11 Å². The van der Waals surface area contributed by atoms with Gasteiger partial charge in [-0.1, -0.05) is 5.11 Å². The van der Waals surface area contributed by atoms with Crippen molar-refractivity contribution in [2.45, 2.75) is 31.5 Å². The molecule has 0 radical (unpaired) electrons. The molecule has 0 aromatic heterocycles. The van der Waals surface area contributed by atoms with Gasteiger partial charge in [-0.25, -0.2) is 0 Å². The van der Waals surface area contributed by atoms with Gasteiger partial charge in [0.25, 0.3) is 10.1 Å². The van der Waals surface area contributed by atoms with Gasteiger partial charge in [0.1, 0.15) is 12.1 Å². The topological polar surface area (TPSA) is 137 Å². The molecule has 0 aliphatic carbocycles. The van der Waals surface area contributed by atoms with Gasteiger partial charge in [-0.2, -0.15) is 8.42 Å². The first-order valence-electron chi connectivity index (χ1n) is 5.52. The van der Waals surface area contributed by atoms with Crippen LogP contribution in [-0.2, 0) is 33.3 Å². The fourth-order valence-corrected chi connectivity index (χ4v) is 2.37. The summed E-state index contributed by atoms with van der Waals surface area (Å²) < 4.78 is 42.5. The molecular weight excluding hydrogens is 294 g/mol. The summed E-state index contributed by atoms with van der Waals surface area (Å²) in [5.41, 5.74) is 8.48. The molecular formula is C9H15N3O7S. The van der Waals surface area contributed by atoms with E-state index in [1.807, 2.05) is 0 Å². The zero-order chi connectivity index (χ0) is 15.3. The first-order valence-corrected chi connectivity index (χ1v) is 7.34. The van der Waals surface area contributed by atoms with E-state index in [1.165, 1.54) is 7.11 Å². The molecule has 0 amide bonds. The van der Waals surface area contributed by atoms with Gasteiger partial charge in [0, 0.05) is 18.9 Å². The van der Waals surface area contributed by atoms with Crippen molar-refractivity contribution in [1.82, 2.24) is 0 Å². The largest absolute Gasteiger partial charge is 0.459 e. The lowest BCUT2D eigenvalue weighted by Gasteiger charge is -2.38. The SMILES string of the molecule is CO[C@H]1OC[C@H](N=[N+]=[N-])[C@H](OC(C)=O)[C@H]1OS(C)(=O)=O. The standard InChI is InChI=1S/C9H15N3O7S/c1-5(13)18-7-6(11-12-10)4-17-9(16-2)8(7)19-20(3,14)15/h6-9H,4H2,1-3H3/t6-,7-,8+,9-/m0/s1. The lowest BCUT2D eigenvalue weighted by Crippen LogP contribution is -2.56. The van der Waals surface area contributed by atoms with Gasteiger partial charge >= 0.3 is 5.97 Å². The molecule has 0 unspecified atom stereocenters. The van der Waals surface area contributed by atoms with E-state index in [2.05, 4.69) is 10.0 Å². The van der Waals surface area contributed by atoms with Crippen LogP contribution in [0.1, 0.15) is 6.92 Å². The third kappa shape index (κ3) is 4.62. The highest BCUT2D eigenvalue weighted by Gasteiger charge is 2.45. The summed E-state index contributed by atoms with van der Waals surface area (Å²) in [6.45, 7) is 1.05. The minimum atomic E-state index is -3.86. The number of hydrogen-bond acceptors (Lipinski definition) is 8. The molecule has 0 aromatic carbocycles. The number of ether oxygens (including phenoxy) is 3. The Hall–Kier alpha value is -1.39. The second kappa shape index (κ2) is 6.86. The molecule has 0 N–H and O–H groups in total. The maximum Gasteiger partial charge on any atom is 0.303 e. The van der Waals surface area contributed by atoms with Crippen molar-refractivity contribution in [3.05, 3.63) is 10.4 Å². The molecule has 1 aliphatic rings. The molecule has 1 rings (SSSR count). The molecule has 114 valence electrons. The van der Waals surface area contributed by atoms with E-state index in [1.54, 1.807) is 0 Å². The van der Waals surface area contributed by atoms with Crippen LogP contribution in [0.5, 0.6) is 0 Å². The Morgan fingerprint density at radius 3 is 2.55 bits per heavy atom. The predicted molar refractivity (Wildman–Crippen MR) is 65.0 cm³/mol. The van der Waals surface area contributed by atoms with Crippen LogP contribution < -0.4 is 0 Å². The third-order valence-electron chi connectivity index (χ3n) is 2.42. The average Bonchev–Trinajstić information content (AvgIpc) is 2.31. The first-order chi connectivity index (χ1) is 9.28. The third-order valence-corrected chi connectivity index (χ3v) is 2.99. The highest BCUT2D eigenvalue weighted by atomic mass is 32.2. The Morgan fingerprint density at radius 2 is 2.10 bits per heavy atom. The minimum Gasteiger partial charge on any atom is -0.459 e. The normalized spacial score (nSPS) is 30.4. The molecule has 11 heteroatoms. The summed E-state index contributed by atoms with van der Waals surface area (Å²) in [7, 11) is -2.58. The smallest absolute Gasteiger partial charge is 0.303 e. The van der Waals surface area contributed by atoms with Gasteiger partial charge in [-0.05, 0) is 5.53 Å². The number of azide groups is 1. The number of rotatable bonds is 5. The number of esters is 1. The fraction of sp³-hybridized carbons (Fsp3) is 0.889. The van der Waals surface area contributed by atoms with E-state index in [0.29, 0.717) is 0 Å². The van der Waals surface area contributed by atoms with Crippen molar-refractivity contribution in [1.29, 1.82) is 0 Å². The lowest BCUT2D eigenvalue weighted by atomic mass is 10.0. The van der Waals surface area contributed by atoms with E-state index in [-0.39, 0.29) is 6.61 Å². The van der Waals surface area contributed by atoms with E-state index >= 15 is 0 Å². The zero-order valence-corrected chi connectivity index (χ0v) is 11.9. The van der Waals surface area contributed by atoms with Crippen molar-refractivity contribution in [3.63, 3.8) is 0 Å². The van der Waals surface area contributed by atoms with Crippen LogP contribution >= 0.6 is 0 Å². The van der Waals surface area contributed by atoms with Crippen LogP contribution in [0, 0.1) is 0 Å². The van der Waals surface area contributed by atoms with Crippen molar-refractivity contribution in [2.24, 2.45) is 5.11 Å². The highest BCUT2D eigenvalue weighted by molar-refractivity contribution is 7.86. The number of hydrogen-bond donors (Lipinski definition) is 0. The molecule has 0 aromatic rings. The van der Waals surface area contributed by atoms with Gasteiger partial charge in [0.15, 0.2) is 12.4 Å². The van der Waals surface area contributed by atoms with Crippen LogP contribution in [0.3, 0.4) is 0 Å². The summed E-state index contributed by atoms with van der Waals surface area (Å²) in [4.78, 5) is 13.7. The molecule has 4 atom stereocenters. The number of carbonyl (C=O) groups is 1. The van der Waals surface area contributed by atoms with Crippen molar-refractivity contribution in [2.75, 3.05) is 20.0 Å². The molecule has 1 heterocycles. The maximum absolute atomic E-state index is 11.3. The Morgan fingerprint density at radius 1 is 1.45 bits per heavy atom. The van der Waals surface area contributed by atoms with Crippen LogP contribution in [0.4, 0.5) is 0 Å². The highest BCUT2D eigenvalue weighted by Crippen LogP contribution is 2.25. The first kappa shape index (κ1) is 16.7. The molecule has 20 heavy (non-hydrogen) atoms. The van der Waals surface area contributed by atoms with E-state index in [0.717, 1.165) is 13.2 Å². The summed E-state index contributed by atoms with van der Waals surface area (Å²) >= 11 is 0. The van der Waals surface area contributed by atoms with Crippen LogP contribution in [-0.4, -0.2) is 58.9 Å². The molecule has 1 fully saturated rings. The number of nitrogens with zero attached hydrogens (tertiary/aromatic N) is 3. The molecule has 0 saturated carbocycles. The predicted octanol–water partition coefficient (Wildman–Crippen LogP) is -0.0555. The summed E-state index contributed by atoms with van der Waals surface area (Å²) in [5, 5.41) is 3.42. The molecule has 0 bridgehead atoms. The van der Waals surface area contributed by atoms with Crippen molar-refractivity contribution >= 4 is 16.1 Å². The Kier molecular flexibility index (Phi) is 5.72. The Bertz CT molecular complexity index is 502. The Labute approximate surface area is 115 Å². The molecule has 1 saturated heterocycles. The fourth-order valence-electron chi connectivity index (χ4n) is 1.76. The maximum atomic E-state index is 11.3. The molecule has 10 nitrogen and oxygen atoms in total. The van der Waals surface area contributed by atoms with Gasteiger partial charge in [0.05, 0.1) is 12.9 Å². The second-order valence-electron chi connectivity index (χ2n) is 4.05. The number of methoxy groups -OCH3 is 1. The minimum absolute atomic E-state index is 0.0931. The van der Waals surface area contributed by atoms with Gasteiger partial charge in [0.2, 0.25) is 0 Å². The van der Waals surface area contributed by atoms with E-state index in [4.69, 9.17) is 23.9 Å². The average molecular weight is 309 g/mol. The zero-order valence-electron chi connectivity index (χ0n) is 11.1. The van der Waals surface area contributed by atoms with Crippen LogP contribution in [0.2, 0.25) is 0 Å². The van der Waals surface area contributed by atoms with E-state index < -0.39 is 40.6 Å². The van der Waals surface area contributed by atoms with Crippen molar-refractivity contribution < 1.29 is 31.6 Å². The second-order valence-corrected chi connectivity index (χ2v) is 5.65. The molecule has 1 aliphatic heterocycles. The van der Waals surface area contributed by atoms with E-state index in [9.17, 15) is 13.2 Å². The quantitative estimate of drug-likeness (QED) is 0.228. The van der Waals surface area contributed by atoms with Gasteiger partial charge in [-0.15, -0.1) is 0 Å². The van der Waals surface area contributed by atoms with Gasteiger partial charge < -0.3 is 14.2 Å². The van der Waals surface area contributed by atoms with Gasteiger partial charge in [-0.3, -0.25) is 8.98 Å². The monoisotopic (exact) mass is 309 g/mol. The van der Waals surface area contributed by atoms with Crippen LogP contribution in [0.25, 0.3) is 10.4 Å². The Balaban J connectivity index is 3.09. The van der Waals surface area contributed by atoms with Crippen molar-refractivity contribution in [3.8, 4) is 0 Å². The molecule has 0 spiro atoms. The number of carbonyl (C=O) groups excluding carboxylic acids is 1. The summed E-state index contributed by atoms with van der Waals surface area (Å²) in [6.07, 6.45) is -2.62.